The van der Waals surface area contributed by atoms with Crippen LogP contribution in [0.5, 0.6) is 0 Å². The Labute approximate surface area is 133 Å². The van der Waals surface area contributed by atoms with E-state index >= 15 is 0 Å². The third-order valence-corrected chi connectivity index (χ3v) is 2.93. The van der Waals surface area contributed by atoms with E-state index in [0.717, 1.165) is 13.0 Å². The molecule has 0 saturated heterocycles. The van der Waals surface area contributed by atoms with Gasteiger partial charge in [0.05, 0.1) is 59.5 Å². The van der Waals surface area contributed by atoms with Gasteiger partial charge in [-0.3, -0.25) is 0 Å². The Morgan fingerprint density at radius 1 is 0.591 bits per heavy atom. The summed E-state index contributed by atoms with van der Waals surface area (Å²) >= 11 is 0. The van der Waals surface area contributed by atoms with Crippen LogP contribution < -0.4 is 0 Å². The first-order chi connectivity index (χ1) is 10.9. The lowest BCUT2D eigenvalue weighted by molar-refractivity contribution is -0.00752. The number of ether oxygens (including phenoxy) is 5. The summed E-state index contributed by atoms with van der Waals surface area (Å²) in [6, 6.07) is 10.3. The summed E-state index contributed by atoms with van der Waals surface area (Å²) in [6.07, 6.45) is 0.938. The van der Waals surface area contributed by atoms with E-state index < -0.39 is 0 Å². The highest BCUT2D eigenvalue weighted by molar-refractivity contribution is 5.14. The van der Waals surface area contributed by atoms with Gasteiger partial charge >= 0.3 is 0 Å². The average molecular weight is 312 g/mol. The minimum atomic E-state index is 0.581. The van der Waals surface area contributed by atoms with E-state index in [-0.39, 0.29) is 0 Å². The molecule has 1 aromatic rings. The van der Waals surface area contributed by atoms with E-state index in [9.17, 15) is 0 Å². The van der Waals surface area contributed by atoms with Crippen molar-refractivity contribution < 1.29 is 23.7 Å². The maximum atomic E-state index is 5.52. The molecule has 5 nitrogen and oxygen atoms in total. The summed E-state index contributed by atoms with van der Waals surface area (Å²) in [4.78, 5) is 0. The van der Waals surface area contributed by atoms with Gasteiger partial charge in [-0.1, -0.05) is 30.3 Å². The van der Waals surface area contributed by atoms with Crippen LogP contribution in [0.2, 0.25) is 0 Å². The molecule has 1 rings (SSSR count). The van der Waals surface area contributed by atoms with Gasteiger partial charge in [0.1, 0.15) is 0 Å². The first kappa shape index (κ1) is 19.1. The normalized spacial score (nSPS) is 11.0. The van der Waals surface area contributed by atoms with E-state index in [1.807, 2.05) is 18.2 Å². The predicted molar refractivity (Wildman–Crippen MR) is 85.3 cm³/mol. The van der Waals surface area contributed by atoms with Crippen LogP contribution in [0, 0.1) is 0 Å². The lowest BCUT2D eigenvalue weighted by atomic mass is 10.2. The summed E-state index contributed by atoms with van der Waals surface area (Å²) in [6.45, 7) is 5.51. The minimum Gasteiger partial charge on any atom is -0.382 e. The highest BCUT2D eigenvalue weighted by Crippen LogP contribution is 1.99. The van der Waals surface area contributed by atoms with Crippen LogP contribution in [0.15, 0.2) is 30.3 Å². The van der Waals surface area contributed by atoms with Crippen molar-refractivity contribution >= 4 is 0 Å². The van der Waals surface area contributed by atoms with E-state index in [2.05, 4.69) is 12.1 Å². The third-order valence-electron chi connectivity index (χ3n) is 2.93. The third kappa shape index (κ3) is 11.7. The lowest BCUT2D eigenvalue weighted by Gasteiger charge is -2.07. The number of benzene rings is 1. The smallest absolute Gasteiger partial charge is 0.0701 e. The fourth-order valence-corrected chi connectivity index (χ4v) is 1.74. The van der Waals surface area contributed by atoms with Crippen molar-refractivity contribution in [2.75, 3.05) is 66.6 Å². The van der Waals surface area contributed by atoms with Crippen molar-refractivity contribution in [3.05, 3.63) is 35.9 Å². The molecule has 0 saturated carbocycles. The molecular formula is C17H28O5. The van der Waals surface area contributed by atoms with Gasteiger partial charge in [-0.15, -0.1) is 0 Å². The van der Waals surface area contributed by atoms with Crippen LogP contribution in [0.25, 0.3) is 0 Å². The largest absolute Gasteiger partial charge is 0.382 e. The van der Waals surface area contributed by atoms with Gasteiger partial charge in [0.2, 0.25) is 0 Å². The monoisotopic (exact) mass is 312 g/mol. The Morgan fingerprint density at radius 2 is 1.05 bits per heavy atom. The molecule has 0 amide bonds. The van der Waals surface area contributed by atoms with Gasteiger partial charge < -0.3 is 23.7 Å². The molecule has 0 heterocycles. The van der Waals surface area contributed by atoms with Crippen LogP contribution in [0.4, 0.5) is 0 Å². The zero-order chi connectivity index (χ0) is 15.7. The molecule has 0 N–H and O–H groups in total. The van der Waals surface area contributed by atoms with E-state index in [1.165, 1.54) is 5.56 Å². The van der Waals surface area contributed by atoms with Gasteiger partial charge in [-0.2, -0.15) is 0 Å². The van der Waals surface area contributed by atoms with Crippen LogP contribution >= 0.6 is 0 Å². The number of methoxy groups -OCH3 is 1. The molecular weight excluding hydrogens is 284 g/mol. The number of hydrogen-bond donors (Lipinski definition) is 0. The molecule has 0 fully saturated rings. The molecule has 126 valence electrons. The molecule has 0 radical (unpaired) electrons. The molecule has 22 heavy (non-hydrogen) atoms. The van der Waals surface area contributed by atoms with Crippen LogP contribution in [-0.2, 0) is 30.1 Å². The Bertz CT molecular complexity index is 331. The Balaban J connectivity index is 1.73. The SMILES string of the molecule is COCCOCCOCCOCCOCCc1ccccc1. The van der Waals surface area contributed by atoms with Gasteiger partial charge in [-0.05, 0) is 12.0 Å². The average Bonchev–Trinajstić information content (AvgIpc) is 2.56. The molecule has 5 heteroatoms. The minimum absolute atomic E-state index is 0.581. The standard InChI is InChI=1S/C17H28O5/c1-18-9-10-20-13-14-22-16-15-21-12-11-19-8-7-17-5-3-2-4-6-17/h2-6H,7-16H2,1H3. The second-order valence-corrected chi connectivity index (χ2v) is 4.68. The molecule has 0 aliphatic carbocycles. The fraction of sp³-hybridized carbons (Fsp3) is 0.647. The summed E-state index contributed by atoms with van der Waals surface area (Å²) in [5, 5.41) is 0. The topological polar surface area (TPSA) is 46.2 Å². The van der Waals surface area contributed by atoms with Crippen molar-refractivity contribution in [3.8, 4) is 0 Å². The van der Waals surface area contributed by atoms with E-state index in [1.54, 1.807) is 7.11 Å². The molecule has 0 unspecified atom stereocenters. The van der Waals surface area contributed by atoms with Crippen molar-refractivity contribution in [1.82, 2.24) is 0 Å². The molecule has 0 aliphatic heterocycles. The molecule has 0 bridgehead atoms. The maximum absolute atomic E-state index is 5.52. The highest BCUT2D eigenvalue weighted by atomic mass is 16.6. The summed E-state index contributed by atoms with van der Waals surface area (Å²) in [5.74, 6) is 0. The first-order valence-corrected chi connectivity index (χ1v) is 7.77. The highest BCUT2D eigenvalue weighted by Gasteiger charge is 1.94. The van der Waals surface area contributed by atoms with Crippen molar-refractivity contribution in [2.24, 2.45) is 0 Å². The molecule has 0 atom stereocenters. The van der Waals surface area contributed by atoms with Crippen molar-refractivity contribution in [1.29, 1.82) is 0 Å². The van der Waals surface area contributed by atoms with Crippen molar-refractivity contribution in [3.63, 3.8) is 0 Å². The van der Waals surface area contributed by atoms with Crippen LogP contribution in [-0.4, -0.2) is 66.6 Å². The second kappa shape index (κ2) is 14.9. The number of hydrogen-bond acceptors (Lipinski definition) is 5. The van der Waals surface area contributed by atoms with E-state index in [0.29, 0.717) is 52.9 Å². The maximum Gasteiger partial charge on any atom is 0.0701 e. The first-order valence-electron chi connectivity index (χ1n) is 7.77. The molecule has 0 aromatic heterocycles. The molecule has 0 aliphatic rings. The van der Waals surface area contributed by atoms with Gasteiger partial charge in [0, 0.05) is 7.11 Å². The summed E-state index contributed by atoms with van der Waals surface area (Å²) < 4.78 is 26.5. The Hall–Kier alpha value is -0.980. The van der Waals surface area contributed by atoms with Gasteiger partial charge in [-0.25, -0.2) is 0 Å². The zero-order valence-electron chi connectivity index (χ0n) is 13.5. The zero-order valence-corrected chi connectivity index (χ0v) is 13.5. The molecule has 1 aromatic carbocycles. The Morgan fingerprint density at radius 3 is 1.55 bits per heavy atom. The number of rotatable bonds is 15. The fourth-order valence-electron chi connectivity index (χ4n) is 1.74. The predicted octanol–water partition coefficient (Wildman–Crippen LogP) is 1.94. The lowest BCUT2D eigenvalue weighted by Crippen LogP contribution is -2.13. The second-order valence-electron chi connectivity index (χ2n) is 4.68. The van der Waals surface area contributed by atoms with Crippen LogP contribution in [0.1, 0.15) is 5.56 Å². The van der Waals surface area contributed by atoms with Gasteiger partial charge in [0.25, 0.3) is 0 Å². The summed E-state index contributed by atoms with van der Waals surface area (Å²) in [5.41, 5.74) is 1.30. The van der Waals surface area contributed by atoms with Gasteiger partial charge in [0.15, 0.2) is 0 Å². The molecule has 0 spiro atoms. The summed E-state index contributed by atoms with van der Waals surface area (Å²) in [7, 11) is 1.66. The quantitative estimate of drug-likeness (QED) is 0.463. The Kier molecular flexibility index (Phi) is 12.9. The van der Waals surface area contributed by atoms with Crippen LogP contribution in [0.3, 0.4) is 0 Å². The van der Waals surface area contributed by atoms with E-state index in [4.69, 9.17) is 23.7 Å². The van der Waals surface area contributed by atoms with Crippen molar-refractivity contribution in [2.45, 2.75) is 6.42 Å².